The van der Waals surface area contributed by atoms with E-state index in [-0.39, 0.29) is 11.6 Å². The molecule has 6 aromatic rings. The van der Waals surface area contributed by atoms with Gasteiger partial charge in [0.2, 0.25) is 11.4 Å². The third-order valence-corrected chi connectivity index (χ3v) is 7.49. The summed E-state index contributed by atoms with van der Waals surface area (Å²) in [6.45, 7) is 6.50. The molecule has 4 aromatic heterocycles. The lowest BCUT2D eigenvalue weighted by molar-refractivity contribution is -0.660. The Bertz CT molecular complexity index is 2210. The van der Waals surface area contributed by atoms with E-state index in [9.17, 15) is 0 Å². The first kappa shape index (κ1) is 25.1. The molecule has 0 fully saturated rings. The lowest BCUT2D eigenvalue weighted by atomic mass is 10.0. The van der Waals surface area contributed by atoms with Crippen LogP contribution in [0.1, 0.15) is 50.7 Å². The van der Waals surface area contributed by atoms with Gasteiger partial charge in [-0.1, -0.05) is 50.2 Å². The van der Waals surface area contributed by atoms with E-state index in [0.717, 1.165) is 44.8 Å². The van der Waals surface area contributed by atoms with Gasteiger partial charge in [0.15, 0.2) is 18.2 Å². The molecule has 0 N–H and O–H groups in total. The van der Waals surface area contributed by atoms with Gasteiger partial charge >= 0.3 is 0 Å². The first-order valence-electron chi connectivity index (χ1n) is 18.0. The molecule has 46 heavy (non-hydrogen) atoms. The van der Waals surface area contributed by atoms with Gasteiger partial charge < -0.3 is 0 Å². The Kier molecular flexibility index (Phi) is 7.79. The van der Waals surface area contributed by atoms with Gasteiger partial charge in [-0.25, -0.2) is 34.1 Å². The van der Waals surface area contributed by atoms with E-state index in [1.165, 1.54) is 19.4 Å². The summed E-state index contributed by atoms with van der Waals surface area (Å²) < 4.78 is 51.0. The Morgan fingerprint density at radius 2 is 1.22 bits per heavy atom. The second kappa shape index (κ2) is 14.3. The molecule has 0 spiro atoms. The smallest absolute Gasteiger partial charge is 0.213 e. The maximum absolute atomic E-state index is 8.14. The number of benzene rings is 2. The molecular formula is C39H43N7+2. The van der Waals surface area contributed by atoms with E-state index in [1.54, 1.807) is 19.3 Å². The molecule has 0 bridgehead atoms. The van der Waals surface area contributed by atoms with Crippen molar-refractivity contribution in [3.63, 3.8) is 0 Å². The third-order valence-electron chi connectivity index (χ3n) is 7.49. The van der Waals surface area contributed by atoms with E-state index in [0.29, 0.717) is 11.6 Å². The van der Waals surface area contributed by atoms with Gasteiger partial charge in [0, 0.05) is 73.5 Å². The van der Waals surface area contributed by atoms with Crippen LogP contribution in [0, 0.1) is 33.5 Å². The van der Waals surface area contributed by atoms with Crippen LogP contribution in [0.25, 0.3) is 45.0 Å². The summed E-state index contributed by atoms with van der Waals surface area (Å²) in [7, 11) is 3.98. The molecule has 0 unspecified atom stereocenters. The summed E-state index contributed by atoms with van der Waals surface area (Å²) in [5.74, 6) is -0.712. The zero-order valence-electron chi connectivity index (χ0n) is 33.4. The van der Waals surface area contributed by atoms with Crippen LogP contribution in [-0.4, -0.2) is 24.9 Å². The number of hydrogen-bond acceptors (Lipinski definition) is 5. The average Bonchev–Trinajstić information content (AvgIpc) is 3.09. The Morgan fingerprint density at radius 1 is 0.696 bits per heavy atom. The van der Waals surface area contributed by atoms with Crippen LogP contribution in [0.15, 0.2) is 97.6 Å². The van der Waals surface area contributed by atoms with Crippen molar-refractivity contribution in [3.8, 4) is 45.0 Å². The van der Waals surface area contributed by atoms with Gasteiger partial charge in [0.1, 0.15) is 31.6 Å². The quantitative estimate of drug-likeness (QED) is 0.187. The maximum atomic E-state index is 8.14. The van der Waals surface area contributed by atoms with Crippen molar-refractivity contribution in [2.24, 2.45) is 20.0 Å². The summed E-state index contributed by atoms with van der Waals surface area (Å²) in [4.78, 5) is 20.9. The third kappa shape index (κ3) is 7.72. The van der Waals surface area contributed by atoms with Crippen LogP contribution < -0.4 is 9.13 Å². The summed E-state index contributed by atoms with van der Waals surface area (Å²) in [6, 6.07) is 24.3. The zero-order valence-corrected chi connectivity index (χ0v) is 27.4. The van der Waals surface area contributed by atoms with Crippen molar-refractivity contribution in [1.29, 1.82) is 0 Å². The molecule has 0 saturated carbocycles. The molecular weight excluding hydrogens is 566 g/mol. The van der Waals surface area contributed by atoms with Crippen LogP contribution in [0.2, 0.25) is 0 Å². The van der Waals surface area contributed by atoms with E-state index < -0.39 is 19.1 Å². The highest BCUT2D eigenvalue weighted by atomic mass is 15.0. The molecule has 2 aromatic carbocycles. The molecule has 6 rings (SSSR count). The van der Waals surface area contributed by atoms with Gasteiger partial charge in [0.05, 0.1) is 0 Å². The topological polar surface area (TPSA) is 72.2 Å². The number of aromatic nitrogens is 7. The highest BCUT2D eigenvalue weighted by Crippen LogP contribution is 2.26. The number of pyridine rings is 2. The average molecular weight is 616 g/mol. The van der Waals surface area contributed by atoms with Gasteiger partial charge in [0.25, 0.3) is 0 Å². The number of hydrogen-bond donors (Lipinski definition) is 0. The molecule has 0 amide bonds. The Morgan fingerprint density at radius 3 is 1.76 bits per heavy atom. The predicted molar refractivity (Wildman–Crippen MR) is 183 cm³/mol. The summed E-state index contributed by atoms with van der Waals surface area (Å²) in [5, 5.41) is 0. The van der Waals surface area contributed by atoms with Crippen molar-refractivity contribution in [3.05, 3.63) is 126 Å². The molecule has 0 radical (unpaired) electrons. The van der Waals surface area contributed by atoms with Gasteiger partial charge in [-0.05, 0) is 62.3 Å². The minimum Gasteiger partial charge on any atom is -0.241 e. The normalized spacial score (nSPS) is 13.6. The summed E-state index contributed by atoms with van der Waals surface area (Å²) in [5.41, 5.74) is 9.23. The second-order valence-electron chi connectivity index (χ2n) is 11.4. The first-order valence-corrected chi connectivity index (χ1v) is 15.0. The van der Waals surface area contributed by atoms with Crippen molar-refractivity contribution < 1.29 is 17.4 Å². The molecule has 232 valence electrons. The molecule has 0 aliphatic heterocycles. The van der Waals surface area contributed by atoms with E-state index in [1.807, 2.05) is 73.5 Å². The Labute approximate surface area is 281 Å². The van der Waals surface area contributed by atoms with Crippen molar-refractivity contribution in [2.45, 2.75) is 47.8 Å². The van der Waals surface area contributed by atoms with Crippen LogP contribution in [0.3, 0.4) is 0 Å². The Balaban J connectivity index is 0.000000202. The Hall–Kier alpha value is -5.17. The van der Waals surface area contributed by atoms with Crippen LogP contribution in [-0.2, 0) is 20.5 Å². The standard InChI is InChI=1S/C21H24N3.C18H19N4/c1-15(2)11-21-22-13-18(14-23-21)17-9-10-24(4)20(12-17)19-8-6-5-7-16(19)3;1-12-7-5-6-8-16(12)17-11-15(9-10-22(17)4)18-20-13(2)19-14(3)21-18/h5-10,12-15H,11H2,1-4H3;5-11H,1-4H3/q2*+1/i11D2,15D;2D3. The van der Waals surface area contributed by atoms with Gasteiger partial charge in [-0.15, -0.1) is 0 Å². The minimum absolute atomic E-state index is 0.0341. The van der Waals surface area contributed by atoms with Crippen LogP contribution in [0.5, 0.6) is 0 Å². The molecule has 0 atom stereocenters. The van der Waals surface area contributed by atoms with Crippen molar-refractivity contribution in [1.82, 2.24) is 24.9 Å². The lowest BCUT2D eigenvalue weighted by Gasteiger charge is -2.07. The second-order valence-corrected chi connectivity index (χ2v) is 11.4. The SMILES string of the molecule is [2H]C(C)(C)C([2H])([2H])c1ncc(-c2cc[n+](C)c(-c3ccccc3C)c2)cn1.[2H]C([2H])([2H])c1nc(C)nc(-c2cc[n+](C)c(-c3ccccc3C)c2)n1. The van der Waals surface area contributed by atoms with Gasteiger partial charge in [-0.3, -0.25) is 0 Å². The first-order chi connectivity index (χ1) is 24.4. The van der Waals surface area contributed by atoms with E-state index in [4.69, 9.17) is 8.22 Å². The lowest BCUT2D eigenvalue weighted by Crippen LogP contribution is -2.30. The maximum Gasteiger partial charge on any atom is 0.213 e. The van der Waals surface area contributed by atoms with Crippen LogP contribution in [0.4, 0.5) is 0 Å². The van der Waals surface area contributed by atoms with Crippen molar-refractivity contribution >= 4 is 0 Å². The fourth-order valence-corrected chi connectivity index (χ4v) is 5.09. The number of nitrogens with zero attached hydrogens (tertiary/aromatic N) is 7. The predicted octanol–water partition coefficient (Wildman–Crippen LogP) is 7.10. The molecule has 0 aliphatic carbocycles. The molecule has 7 nitrogen and oxygen atoms in total. The highest BCUT2D eigenvalue weighted by Gasteiger charge is 2.16. The van der Waals surface area contributed by atoms with Gasteiger partial charge in [-0.2, -0.15) is 0 Å². The largest absolute Gasteiger partial charge is 0.241 e. The molecule has 7 heteroatoms. The molecule has 0 aliphatic rings. The number of aryl methyl sites for hydroxylation is 6. The summed E-state index contributed by atoms with van der Waals surface area (Å²) in [6.07, 6.45) is 5.25. The van der Waals surface area contributed by atoms with Crippen molar-refractivity contribution in [2.75, 3.05) is 0 Å². The number of rotatable bonds is 6. The minimum atomic E-state index is -2.36. The zero-order chi connectivity index (χ0) is 38.0. The molecule has 0 saturated heterocycles. The van der Waals surface area contributed by atoms with E-state index in [2.05, 4.69) is 73.7 Å². The fourth-order valence-electron chi connectivity index (χ4n) is 5.09. The highest BCUT2D eigenvalue weighted by molar-refractivity contribution is 5.69. The monoisotopic (exact) mass is 615 g/mol. The van der Waals surface area contributed by atoms with Crippen LogP contribution >= 0.6 is 0 Å². The summed E-state index contributed by atoms with van der Waals surface area (Å²) >= 11 is 0. The fraction of sp³-hybridized carbons (Fsp3) is 0.256. The van der Waals surface area contributed by atoms with E-state index >= 15 is 0 Å². The molecule has 4 heterocycles.